The Labute approximate surface area is 156 Å². The van der Waals surface area contributed by atoms with Gasteiger partial charge in [0, 0.05) is 32.1 Å². The second-order valence-corrected chi connectivity index (χ2v) is 9.65. The van der Waals surface area contributed by atoms with E-state index in [-0.39, 0.29) is 0 Å². The van der Waals surface area contributed by atoms with Crippen LogP contribution in [0.4, 0.5) is 0 Å². The first kappa shape index (κ1) is 19.8. The monoisotopic (exact) mass is 534 g/mol. The van der Waals surface area contributed by atoms with E-state index in [1.165, 1.54) is 3.57 Å². The van der Waals surface area contributed by atoms with Crippen LogP contribution in [-0.4, -0.2) is 28.6 Å². The standard InChI is InChI=1S/C15H24I2O3Si/c1-4-9-18-21(19-10-5-2,20-11-6-3)15-12-13(16)7-8-14(15)17/h7-8,12H,4-6,9-11H2,1-3H3. The van der Waals surface area contributed by atoms with Crippen molar-refractivity contribution in [2.24, 2.45) is 0 Å². The smallest absolute Gasteiger partial charge is 0.370 e. The Morgan fingerprint density at radius 2 is 1.33 bits per heavy atom. The molecule has 0 radical (unpaired) electrons. The molecule has 0 spiro atoms. The highest BCUT2D eigenvalue weighted by atomic mass is 127. The first-order valence-corrected chi connectivity index (χ1v) is 11.3. The minimum atomic E-state index is -2.82. The minimum Gasteiger partial charge on any atom is -0.370 e. The van der Waals surface area contributed by atoms with Gasteiger partial charge in [0.1, 0.15) is 0 Å². The lowest BCUT2D eigenvalue weighted by molar-refractivity contribution is 0.0730. The van der Waals surface area contributed by atoms with Crippen LogP contribution in [0.3, 0.4) is 0 Å². The van der Waals surface area contributed by atoms with Crippen molar-refractivity contribution < 1.29 is 13.3 Å². The average molecular weight is 534 g/mol. The summed E-state index contributed by atoms with van der Waals surface area (Å²) in [5, 5.41) is 1.10. The van der Waals surface area contributed by atoms with Gasteiger partial charge in [0.15, 0.2) is 0 Å². The van der Waals surface area contributed by atoms with Crippen molar-refractivity contribution in [1.29, 1.82) is 0 Å². The fourth-order valence-corrected chi connectivity index (χ4v) is 6.75. The third-order valence-electron chi connectivity index (χ3n) is 2.75. The van der Waals surface area contributed by atoms with Gasteiger partial charge >= 0.3 is 8.80 Å². The lowest BCUT2D eigenvalue weighted by Crippen LogP contribution is -2.58. The molecule has 6 heteroatoms. The molecule has 0 unspecified atom stereocenters. The predicted molar refractivity (Wildman–Crippen MR) is 106 cm³/mol. The fraction of sp³-hybridized carbons (Fsp3) is 0.600. The van der Waals surface area contributed by atoms with Gasteiger partial charge in [-0.3, -0.25) is 0 Å². The molecule has 0 heterocycles. The van der Waals surface area contributed by atoms with E-state index >= 15 is 0 Å². The van der Waals surface area contributed by atoms with Crippen LogP contribution in [0.25, 0.3) is 0 Å². The summed E-state index contributed by atoms with van der Waals surface area (Å²) in [7, 11) is -2.82. The average Bonchev–Trinajstić information content (AvgIpc) is 2.49. The van der Waals surface area contributed by atoms with Crippen molar-refractivity contribution in [2.45, 2.75) is 40.0 Å². The van der Waals surface area contributed by atoms with E-state index in [1.54, 1.807) is 0 Å². The van der Waals surface area contributed by atoms with Crippen LogP contribution >= 0.6 is 45.2 Å². The summed E-state index contributed by atoms with van der Waals surface area (Å²) in [4.78, 5) is 0. The maximum absolute atomic E-state index is 6.19. The van der Waals surface area contributed by atoms with E-state index in [0.29, 0.717) is 19.8 Å². The van der Waals surface area contributed by atoms with Gasteiger partial charge in [-0.2, -0.15) is 0 Å². The third kappa shape index (κ3) is 6.06. The molecule has 0 bridgehead atoms. The quantitative estimate of drug-likeness (QED) is 0.331. The molecular weight excluding hydrogens is 510 g/mol. The second-order valence-electron chi connectivity index (χ2n) is 4.73. The van der Waals surface area contributed by atoms with Crippen molar-refractivity contribution in [2.75, 3.05) is 19.8 Å². The van der Waals surface area contributed by atoms with Crippen LogP contribution in [0.15, 0.2) is 18.2 Å². The summed E-state index contributed by atoms with van der Waals surface area (Å²) in [6.07, 6.45) is 2.88. The Bertz CT molecular complexity index is 408. The Kier molecular flexibility index (Phi) is 9.94. The molecule has 1 aromatic rings. The van der Waals surface area contributed by atoms with Crippen LogP contribution < -0.4 is 5.19 Å². The summed E-state index contributed by atoms with van der Waals surface area (Å²) < 4.78 is 20.9. The number of benzene rings is 1. The zero-order valence-electron chi connectivity index (χ0n) is 13.0. The van der Waals surface area contributed by atoms with Crippen LogP contribution in [-0.2, 0) is 13.3 Å². The molecule has 120 valence electrons. The molecule has 1 aromatic carbocycles. The molecule has 21 heavy (non-hydrogen) atoms. The molecule has 0 N–H and O–H groups in total. The molecule has 0 amide bonds. The van der Waals surface area contributed by atoms with Gasteiger partial charge in [-0.1, -0.05) is 20.8 Å². The van der Waals surface area contributed by atoms with Gasteiger partial charge in [-0.25, -0.2) is 0 Å². The molecule has 0 aliphatic heterocycles. The summed E-state index contributed by atoms with van der Waals surface area (Å²) >= 11 is 4.68. The Morgan fingerprint density at radius 3 is 1.76 bits per heavy atom. The van der Waals surface area contributed by atoms with Crippen molar-refractivity contribution in [1.82, 2.24) is 0 Å². The van der Waals surface area contributed by atoms with Gasteiger partial charge in [-0.15, -0.1) is 0 Å². The summed E-state index contributed by atoms with van der Waals surface area (Å²) in [6.45, 7) is 8.33. The highest BCUT2D eigenvalue weighted by molar-refractivity contribution is 14.1. The van der Waals surface area contributed by atoms with E-state index in [9.17, 15) is 0 Å². The second kappa shape index (κ2) is 10.5. The summed E-state index contributed by atoms with van der Waals surface area (Å²) in [6, 6.07) is 6.36. The maximum Gasteiger partial charge on any atom is 0.538 e. The van der Waals surface area contributed by atoms with E-state index in [4.69, 9.17) is 13.3 Å². The predicted octanol–water partition coefficient (Wildman–Crippen LogP) is 4.32. The van der Waals surface area contributed by atoms with Crippen LogP contribution in [0.5, 0.6) is 0 Å². The molecule has 0 aliphatic rings. The first-order chi connectivity index (χ1) is 10.1. The fourth-order valence-electron chi connectivity index (χ4n) is 1.80. The summed E-state index contributed by atoms with van der Waals surface area (Å²) in [5.74, 6) is 0. The van der Waals surface area contributed by atoms with Gasteiger partial charge in [0.25, 0.3) is 0 Å². The molecule has 0 saturated carbocycles. The SMILES string of the molecule is CCCO[Si](OCCC)(OCCC)c1cc(I)ccc1I. The largest absolute Gasteiger partial charge is 0.538 e. The molecule has 0 aliphatic carbocycles. The third-order valence-corrected chi connectivity index (χ3v) is 7.69. The minimum absolute atomic E-state index is 0.668. The van der Waals surface area contributed by atoms with Gasteiger partial charge in [-0.05, 0) is 82.6 Å². The topological polar surface area (TPSA) is 27.7 Å². The van der Waals surface area contributed by atoms with Crippen molar-refractivity contribution in [3.8, 4) is 0 Å². The van der Waals surface area contributed by atoms with Gasteiger partial charge in [0.2, 0.25) is 0 Å². The number of hydrogen-bond acceptors (Lipinski definition) is 3. The van der Waals surface area contributed by atoms with E-state index in [2.05, 4.69) is 84.2 Å². The maximum atomic E-state index is 6.19. The van der Waals surface area contributed by atoms with Crippen LogP contribution in [0.1, 0.15) is 40.0 Å². The van der Waals surface area contributed by atoms with Gasteiger partial charge in [0.05, 0.1) is 0 Å². The normalized spacial score (nSPS) is 11.9. The Hall–Kier alpha value is 0.777. The molecular formula is C15H24I2O3Si. The Morgan fingerprint density at radius 1 is 0.857 bits per heavy atom. The zero-order valence-corrected chi connectivity index (χ0v) is 18.3. The first-order valence-electron chi connectivity index (χ1n) is 7.47. The molecule has 3 nitrogen and oxygen atoms in total. The van der Waals surface area contributed by atoms with E-state index in [0.717, 1.165) is 28.0 Å². The van der Waals surface area contributed by atoms with Crippen molar-refractivity contribution in [3.05, 3.63) is 25.3 Å². The zero-order chi connectivity index (χ0) is 15.7. The molecule has 0 atom stereocenters. The Balaban J connectivity index is 3.19. The number of hydrogen-bond donors (Lipinski definition) is 0. The molecule has 1 rings (SSSR count). The van der Waals surface area contributed by atoms with Crippen molar-refractivity contribution in [3.63, 3.8) is 0 Å². The lowest BCUT2D eigenvalue weighted by atomic mass is 10.4. The van der Waals surface area contributed by atoms with E-state index in [1.807, 2.05) is 0 Å². The van der Waals surface area contributed by atoms with E-state index < -0.39 is 8.80 Å². The molecule has 0 aromatic heterocycles. The van der Waals surface area contributed by atoms with Gasteiger partial charge < -0.3 is 13.3 Å². The molecule has 0 saturated heterocycles. The van der Waals surface area contributed by atoms with Crippen LogP contribution in [0, 0.1) is 7.14 Å². The van der Waals surface area contributed by atoms with Crippen molar-refractivity contribution >= 4 is 59.2 Å². The highest BCUT2D eigenvalue weighted by Crippen LogP contribution is 2.18. The summed E-state index contributed by atoms with van der Waals surface area (Å²) in [5.41, 5.74) is 0. The molecule has 0 fully saturated rings. The number of halogens is 2. The van der Waals surface area contributed by atoms with Crippen LogP contribution in [0.2, 0.25) is 0 Å². The highest BCUT2D eigenvalue weighted by Gasteiger charge is 2.45. The lowest BCUT2D eigenvalue weighted by Gasteiger charge is -2.30. The number of rotatable bonds is 10.